The number of pyridine rings is 2. The zero-order valence-electron chi connectivity index (χ0n) is 13.6. The van der Waals surface area contributed by atoms with Crippen LogP contribution in [0.5, 0.6) is 0 Å². The number of aryl methyl sites for hydroxylation is 1. The molecule has 1 saturated carbocycles. The van der Waals surface area contributed by atoms with E-state index in [1.807, 2.05) is 24.3 Å². The maximum absolute atomic E-state index is 12.3. The van der Waals surface area contributed by atoms with E-state index in [4.69, 9.17) is 0 Å². The number of rotatable bonds is 7. The number of aliphatic hydroxyl groups excluding tert-OH is 1. The summed E-state index contributed by atoms with van der Waals surface area (Å²) in [6, 6.07) is 7.89. The van der Waals surface area contributed by atoms with Crippen LogP contribution in [0.4, 0.5) is 0 Å². The van der Waals surface area contributed by atoms with Crippen molar-refractivity contribution in [1.29, 1.82) is 0 Å². The molecule has 24 heavy (non-hydrogen) atoms. The second-order valence-corrected chi connectivity index (χ2v) is 6.48. The minimum absolute atomic E-state index is 0.0549. The molecule has 3 rings (SSSR count). The first-order valence-electron chi connectivity index (χ1n) is 8.46. The molecule has 5 heteroatoms. The van der Waals surface area contributed by atoms with Crippen LogP contribution in [0.1, 0.15) is 30.4 Å². The second kappa shape index (κ2) is 8.02. The number of nitrogens with one attached hydrogen (secondary N) is 1. The summed E-state index contributed by atoms with van der Waals surface area (Å²) in [4.78, 5) is 20.4. The Morgan fingerprint density at radius 2 is 1.96 bits per heavy atom. The fourth-order valence-corrected chi connectivity index (χ4v) is 3.15. The molecule has 2 aromatic heterocycles. The lowest BCUT2D eigenvalue weighted by molar-refractivity contribution is -0.122. The molecule has 2 heterocycles. The molecule has 0 unspecified atom stereocenters. The third-order valence-electron chi connectivity index (χ3n) is 4.63. The average Bonchev–Trinajstić information content (AvgIpc) is 2.58. The topological polar surface area (TPSA) is 75.1 Å². The number of amides is 1. The fourth-order valence-electron chi connectivity index (χ4n) is 3.15. The van der Waals surface area contributed by atoms with Gasteiger partial charge in [-0.3, -0.25) is 14.8 Å². The summed E-state index contributed by atoms with van der Waals surface area (Å²) in [6.45, 7) is 0. The van der Waals surface area contributed by atoms with Gasteiger partial charge in [0, 0.05) is 37.3 Å². The van der Waals surface area contributed by atoms with E-state index in [2.05, 4.69) is 15.3 Å². The Bertz CT molecular complexity index is 642. The maximum Gasteiger partial charge on any atom is 0.220 e. The van der Waals surface area contributed by atoms with Crippen LogP contribution in [0.2, 0.25) is 0 Å². The number of hydrogen-bond donors (Lipinski definition) is 2. The van der Waals surface area contributed by atoms with Gasteiger partial charge in [0.15, 0.2) is 0 Å². The number of nitrogens with zero attached hydrogens (tertiary/aromatic N) is 2. The predicted octanol–water partition coefficient (Wildman–Crippen LogP) is 1.91. The molecule has 1 amide bonds. The van der Waals surface area contributed by atoms with Gasteiger partial charge in [-0.05, 0) is 60.9 Å². The smallest absolute Gasteiger partial charge is 0.220 e. The molecule has 2 aromatic rings. The largest absolute Gasteiger partial charge is 0.393 e. The van der Waals surface area contributed by atoms with E-state index in [-0.39, 0.29) is 18.1 Å². The third-order valence-corrected chi connectivity index (χ3v) is 4.63. The first-order chi connectivity index (χ1) is 11.7. The minimum Gasteiger partial charge on any atom is -0.393 e. The molecule has 1 aliphatic carbocycles. The zero-order valence-corrected chi connectivity index (χ0v) is 13.6. The van der Waals surface area contributed by atoms with Gasteiger partial charge in [0.1, 0.15) is 0 Å². The van der Waals surface area contributed by atoms with Gasteiger partial charge >= 0.3 is 0 Å². The van der Waals surface area contributed by atoms with E-state index in [0.717, 1.165) is 30.4 Å². The van der Waals surface area contributed by atoms with E-state index < -0.39 is 0 Å². The highest BCUT2D eigenvalue weighted by atomic mass is 16.3. The van der Waals surface area contributed by atoms with Crippen molar-refractivity contribution in [3.63, 3.8) is 0 Å². The molecular formula is C19H23N3O2. The number of aliphatic hydroxyl groups is 1. The highest BCUT2D eigenvalue weighted by Gasteiger charge is 2.34. The summed E-state index contributed by atoms with van der Waals surface area (Å²) in [5.74, 6) is 0.398. The minimum atomic E-state index is -0.220. The van der Waals surface area contributed by atoms with Gasteiger partial charge in [-0.15, -0.1) is 0 Å². The molecule has 126 valence electrons. The molecule has 1 aliphatic rings. The molecule has 1 fully saturated rings. The number of carbonyl (C=O) groups is 1. The highest BCUT2D eigenvalue weighted by molar-refractivity contribution is 5.76. The number of aromatic nitrogens is 2. The molecule has 0 aromatic carbocycles. The molecule has 0 saturated heterocycles. The first-order valence-corrected chi connectivity index (χ1v) is 8.46. The molecule has 5 nitrogen and oxygen atoms in total. The Labute approximate surface area is 142 Å². The summed E-state index contributed by atoms with van der Waals surface area (Å²) in [6.07, 6.45) is 10.3. The van der Waals surface area contributed by atoms with Crippen LogP contribution < -0.4 is 5.32 Å². The van der Waals surface area contributed by atoms with Crippen molar-refractivity contribution in [2.24, 2.45) is 5.92 Å². The van der Waals surface area contributed by atoms with Crippen molar-refractivity contribution >= 4 is 5.91 Å². The first kappa shape index (κ1) is 16.6. The van der Waals surface area contributed by atoms with E-state index in [9.17, 15) is 9.90 Å². The van der Waals surface area contributed by atoms with E-state index >= 15 is 0 Å². The van der Waals surface area contributed by atoms with Crippen LogP contribution >= 0.6 is 0 Å². The second-order valence-electron chi connectivity index (χ2n) is 6.48. The van der Waals surface area contributed by atoms with Crippen LogP contribution in [0.15, 0.2) is 49.1 Å². The van der Waals surface area contributed by atoms with Gasteiger partial charge in [0.2, 0.25) is 5.91 Å². The Morgan fingerprint density at radius 3 is 2.62 bits per heavy atom. The van der Waals surface area contributed by atoms with Gasteiger partial charge < -0.3 is 10.4 Å². The lowest BCUT2D eigenvalue weighted by Crippen LogP contribution is -2.48. The maximum atomic E-state index is 12.3. The molecule has 0 spiro atoms. The lowest BCUT2D eigenvalue weighted by Gasteiger charge is -2.38. The summed E-state index contributed by atoms with van der Waals surface area (Å²) in [5.41, 5.74) is 2.22. The number of carbonyl (C=O) groups excluding carboxylic acids is 1. The average molecular weight is 325 g/mol. The van der Waals surface area contributed by atoms with Gasteiger partial charge in [0.05, 0.1) is 6.10 Å². The van der Waals surface area contributed by atoms with Crippen LogP contribution in [0.3, 0.4) is 0 Å². The van der Waals surface area contributed by atoms with Crippen LogP contribution in [0, 0.1) is 5.92 Å². The quantitative estimate of drug-likeness (QED) is 0.815. The standard InChI is InChI=1S/C19H23N3O2/c23-17-11-16(12-17)18(10-14-5-8-20-9-6-14)22-19(24)4-3-15-2-1-7-21-13-15/h1-2,5-9,13,16-18,23H,3-4,10-12H2,(H,22,24)/t16?,17?,18-/m0/s1. The van der Waals surface area contributed by atoms with Crippen LogP contribution in [-0.4, -0.2) is 33.1 Å². The monoisotopic (exact) mass is 325 g/mol. The summed E-state index contributed by atoms with van der Waals surface area (Å²) < 4.78 is 0. The molecule has 0 radical (unpaired) electrons. The molecular weight excluding hydrogens is 302 g/mol. The van der Waals surface area contributed by atoms with Gasteiger partial charge in [-0.1, -0.05) is 6.07 Å². The molecule has 2 N–H and O–H groups in total. The van der Waals surface area contributed by atoms with E-state index in [1.165, 1.54) is 0 Å². The molecule has 1 atom stereocenters. The summed E-state index contributed by atoms with van der Waals surface area (Å²) in [7, 11) is 0. The Hall–Kier alpha value is -2.27. The Morgan fingerprint density at radius 1 is 1.17 bits per heavy atom. The molecule has 0 aliphatic heterocycles. The van der Waals surface area contributed by atoms with Crippen molar-refractivity contribution in [1.82, 2.24) is 15.3 Å². The molecule has 0 bridgehead atoms. The van der Waals surface area contributed by atoms with Gasteiger partial charge in [-0.2, -0.15) is 0 Å². The van der Waals surface area contributed by atoms with Gasteiger partial charge in [0.25, 0.3) is 0 Å². The van der Waals surface area contributed by atoms with Crippen LogP contribution in [-0.2, 0) is 17.6 Å². The van der Waals surface area contributed by atoms with Crippen molar-refractivity contribution in [2.75, 3.05) is 0 Å². The van der Waals surface area contributed by atoms with Gasteiger partial charge in [-0.25, -0.2) is 0 Å². The van der Waals surface area contributed by atoms with Crippen LogP contribution in [0.25, 0.3) is 0 Å². The lowest BCUT2D eigenvalue weighted by atomic mass is 9.75. The highest BCUT2D eigenvalue weighted by Crippen LogP contribution is 2.31. The Kier molecular flexibility index (Phi) is 5.54. The van der Waals surface area contributed by atoms with E-state index in [0.29, 0.717) is 18.8 Å². The normalized spacial score (nSPS) is 20.9. The van der Waals surface area contributed by atoms with Crippen molar-refractivity contribution in [2.45, 2.75) is 44.2 Å². The Balaban J connectivity index is 1.55. The third kappa shape index (κ3) is 4.61. The van der Waals surface area contributed by atoms with Crippen molar-refractivity contribution in [3.05, 3.63) is 60.2 Å². The fraction of sp³-hybridized carbons (Fsp3) is 0.421. The zero-order chi connectivity index (χ0) is 16.8. The van der Waals surface area contributed by atoms with Crippen molar-refractivity contribution < 1.29 is 9.90 Å². The van der Waals surface area contributed by atoms with Crippen molar-refractivity contribution in [3.8, 4) is 0 Å². The summed E-state index contributed by atoms with van der Waals surface area (Å²) in [5, 5.41) is 12.8. The predicted molar refractivity (Wildman–Crippen MR) is 91.2 cm³/mol. The number of hydrogen-bond acceptors (Lipinski definition) is 4. The van der Waals surface area contributed by atoms with E-state index in [1.54, 1.807) is 24.8 Å². The SMILES string of the molecule is O=C(CCc1cccnc1)N[C@@H](Cc1ccncc1)C1CC(O)C1. The summed E-state index contributed by atoms with van der Waals surface area (Å²) >= 11 is 0.